The van der Waals surface area contributed by atoms with Gasteiger partial charge in [0.1, 0.15) is 0 Å². The largest absolute Gasteiger partial charge is 0.449 e. The van der Waals surface area contributed by atoms with Gasteiger partial charge < -0.3 is 4.42 Å². The zero-order valence-corrected chi connectivity index (χ0v) is 12.2. The molecule has 2 rings (SSSR count). The van der Waals surface area contributed by atoms with Gasteiger partial charge in [0, 0.05) is 5.02 Å². The minimum absolute atomic E-state index is 0.0502. The third kappa shape index (κ3) is 3.34. The molecule has 0 N–H and O–H groups in total. The summed E-state index contributed by atoms with van der Waals surface area (Å²) < 4.78 is 5.02. The summed E-state index contributed by atoms with van der Waals surface area (Å²) in [6.07, 6.45) is 0.518. The van der Waals surface area contributed by atoms with Crippen molar-refractivity contribution in [2.45, 2.75) is 4.90 Å². The molecule has 3 nitrogen and oxygen atoms in total. The molecule has 0 radical (unpaired) electrons. The maximum absolute atomic E-state index is 11.9. The third-order valence-corrected chi connectivity index (χ3v) is 4.17. The highest BCUT2D eigenvalue weighted by molar-refractivity contribution is 8.14. The highest BCUT2D eigenvalue weighted by atomic mass is 35.5. The summed E-state index contributed by atoms with van der Waals surface area (Å²) in [6.45, 7) is 0. The van der Waals surface area contributed by atoms with Crippen LogP contribution in [0.3, 0.4) is 0 Å². The molecule has 0 atom stereocenters. The SMILES string of the molecule is O=Cc1ccc(C(=O)Sc2c(Cl)cc(Cl)cc2Cl)o1. The first kappa shape index (κ1) is 14.5. The van der Waals surface area contributed by atoms with E-state index in [0.29, 0.717) is 16.2 Å². The second kappa shape index (κ2) is 6.01. The van der Waals surface area contributed by atoms with Crippen molar-refractivity contribution in [2.75, 3.05) is 0 Å². The summed E-state index contributed by atoms with van der Waals surface area (Å²) in [7, 11) is 0. The van der Waals surface area contributed by atoms with Crippen LogP contribution in [0.5, 0.6) is 0 Å². The van der Waals surface area contributed by atoms with E-state index in [1.54, 1.807) is 0 Å². The molecule has 0 bridgehead atoms. The fraction of sp³-hybridized carbons (Fsp3) is 0. The van der Waals surface area contributed by atoms with E-state index in [2.05, 4.69) is 0 Å². The van der Waals surface area contributed by atoms with E-state index in [0.717, 1.165) is 11.8 Å². The maximum atomic E-state index is 11.9. The number of rotatable bonds is 3. The number of halogens is 3. The fourth-order valence-corrected chi connectivity index (χ4v) is 3.05. The smallest absolute Gasteiger partial charge is 0.259 e. The highest BCUT2D eigenvalue weighted by Crippen LogP contribution is 2.38. The van der Waals surface area contributed by atoms with Crippen LogP contribution in [-0.4, -0.2) is 11.4 Å². The normalized spacial score (nSPS) is 10.5. The molecule has 0 saturated carbocycles. The van der Waals surface area contributed by atoms with Gasteiger partial charge in [0.05, 0.1) is 14.9 Å². The van der Waals surface area contributed by atoms with Gasteiger partial charge in [-0.1, -0.05) is 34.8 Å². The summed E-state index contributed by atoms with van der Waals surface area (Å²) in [5.74, 6) is 0.131. The summed E-state index contributed by atoms with van der Waals surface area (Å²) in [4.78, 5) is 22.8. The molecule has 0 aliphatic rings. The first-order chi connectivity index (χ1) is 9.01. The summed E-state index contributed by atoms with van der Waals surface area (Å²) in [5, 5.41) is 0.531. The molecule has 0 fully saturated rings. The number of hydrogen-bond donors (Lipinski definition) is 0. The van der Waals surface area contributed by atoms with E-state index < -0.39 is 5.12 Å². The van der Waals surface area contributed by atoms with Crippen molar-refractivity contribution < 1.29 is 14.0 Å². The number of thioether (sulfide) groups is 1. The van der Waals surface area contributed by atoms with Crippen molar-refractivity contribution in [1.29, 1.82) is 0 Å². The molecule has 2 aromatic rings. The van der Waals surface area contributed by atoms with Crippen LogP contribution in [0.2, 0.25) is 15.1 Å². The Morgan fingerprint density at radius 3 is 2.32 bits per heavy atom. The van der Waals surface area contributed by atoms with Gasteiger partial charge >= 0.3 is 0 Å². The van der Waals surface area contributed by atoms with Crippen LogP contribution in [0.4, 0.5) is 0 Å². The van der Waals surface area contributed by atoms with E-state index >= 15 is 0 Å². The van der Waals surface area contributed by atoms with E-state index in [1.807, 2.05) is 0 Å². The molecule has 19 heavy (non-hydrogen) atoms. The quantitative estimate of drug-likeness (QED) is 0.586. The van der Waals surface area contributed by atoms with Gasteiger partial charge in [-0.25, -0.2) is 0 Å². The van der Waals surface area contributed by atoms with E-state index in [-0.39, 0.29) is 21.6 Å². The average molecular weight is 336 g/mol. The van der Waals surface area contributed by atoms with Gasteiger partial charge in [0.15, 0.2) is 17.8 Å². The zero-order valence-electron chi connectivity index (χ0n) is 9.15. The summed E-state index contributed by atoms with van der Waals surface area (Å²) in [5.41, 5.74) is 0. The van der Waals surface area contributed by atoms with Crippen molar-refractivity contribution in [3.05, 3.63) is 50.9 Å². The predicted octanol–water partition coefficient (Wildman–Crippen LogP) is 4.98. The van der Waals surface area contributed by atoms with Gasteiger partial charge in [0.2, 0.25) is 0 Å². The lowest BCUT2D eigenvalue weighted by Gasteiger charge is -2.05. The minimum Gasteiger partial charge on any atom is -0.449 e. The first-order valence-corrected chi connectivity index (χ1v) is 6.88. The van der Waals surface area contributed by atoms with Gasteiger partial charge in [-0.3, -0.25) is 9.59 Å². The maximum Gasteiger partial charge on any atom is 0.259 e. The van der Waals surface area contributed by atoms with Crippen LogP contribution in [0, 0.1) is 0 Å². The first-order valence-electron chi connectivity index (χ1n) is 4.93. The molecule has 0 saturated heterocycles. The standard InChI is InChI=1S/C12H5Cl3O3S/c13-6-3-8(14)11(9(15)4-6)19-12(17)10-2-1-7(5-16)18-10/h1-5H. The molecule has 7 heteroatoms. The van der Waals surface area contributed by atoms with Gasteiger partial charge in [0.25, 0.3) is 5.12 Å². The monoisotopic (exact) mass is 334 g/mol. The van der Waals surface area contributed by atoms with Crippen LogP contribution in [0.1, 0.15) is 21.1 Å². The van der Waals surface area contributed by atoms with Crippen molar-refractivity contribution in [1.82, 2.24) is 0 Å². The van der Waals surface area contributed by atoms with Crippen molar-refractivity contribution in [2.24, 2.45) is 0 Å². The van der Waals surface area contributed by atoms with Gasteiger partial charge in [-0.2, -0.15) is 0 Å². The molecular weight excluding hydrogens is 331 g/mol. The Morgan fingerprint density at radius 1 is 1.16 bits per heavy atom. The van der Waals surface area contributed by atoms with Gasteiger partial charge in [-0.15, -0.1) is 0 Å². The molecule has 0 aliphatic heterocycles. The number of benzene rings is 1. The minimum atomic E-state index is -0.403. The molecule has 0 amide bonds. The molecule has 1 aromatic carbocycles. The predicted molar refractivity (Wildman–Crippen MR) is 75.8 cm³/mol. The van der Waals surface area contributed by atoms with Gasteiger partial charge in [-0.05, 0) is 36.0 Å². The Hall–Kier alpha value is -0.940. The number of carbonyl (C=O) groups is 2. The lowest BCUT2D eigenvalue weighted by molar-refractivity contribution is 0.105. The lowest BCUT2D eigenvalue weighted by Crippen LogP contribution is -1.91. The highest BCUT2D eigenvalue weighted by Gasteiger charge is 2.17. The number of furan rings is 1. The zero-order chi connectivity index (χ0) is 14.0. The topological polar surface area (TPSA) is 47.3 Å². The Balaban J connectivity index is 2.26. The van der Waals surface area contributed by atoms with E-state index in [9.17, 15) is 9.59 Å². The number of hydrogen-bond acceptors (Lipinski definition) is 4. The Labute approximate surface area is 127 Å². The van der Waals surface area contributed by atoms with Crippen LogP contribution in [0.15, 0.2) is 33.6 Å². The van der Waals surface area contributed by atoms with Crippen LogP contribution < -0.4 is 0 Å². The van der Waals surface area contributed by atoms with Crippen LogP contribution in [-0.2, 0) is 0 Å². The van der Waals surface area contributed by atoms with Crippen LogP contribution in [0.25, 0.3) is 0 Å². The summed E-state index contributed by atoms with van der Waals surface area (Å²) in [6, 6.07) is 5.80. The molecule has 0 unspecified atom stereocenters. The van der Waals surface area contributed by atoms with Crippen molar-refractivity contribution in [3.63, 3.8) is 0 Å². The Morgan fingerprint density at radius 2 is 1.79 bits per heavy atom. The van der Waals surface area contributed by atoms with Crippen LogP contribution >= 0.6 is 46.6 Å². The van der Waals surface area contributed by atoms with Crippen molar-refractivity contribution in [3.8, 4) is 0 Å². The second-order valence-corrected chi connectivity index (χ2v) is 5.64. The van der Waals surface area contributed by atoms with E-state index in [4.69, 9.17) is 39.2 Å². The molecule has 0 aliphatic carbocycles. The average Bonchev–Trinajstić information content (AvgIpc) is 2.82. The molecule has 1 heterocycles. The third-order valence-electron chi connectivity index (χ3n) is 2.10. The fourth-order valence-electron chi connectivity index (χ4n) is 1.30. The number of aldehydes is 1. The van der Waals surface area contributed by atoms with E-state index in [1.165, 1.54) is 24.3 Å². The molecule has 1 aromatic heterocycles. The Kier molecular flexibility index (Phi) is 4.58. The second-order valence-electron chi connectivity index (χ2n) is 3.41. The molecule has 0 spiro atoms. The van der Waals surface area contributed by atoms with Crippen molar-refractivity contribution >= 4 is 58.0 Å². The number of carbonyl (C=O) groups excluding carboxylic acids is 2. The summed E-state index contributed by atoms with van der Waals surface area (Å²) >= 11 is 18.5. The Bertz CT molecular complexity index is 628. The lowest BCUT2D eigenvalue weighted by atomic mass is 10.4. The molecule has 98 valence electrons. The molecular formula is C12H5Cl3O3S.